The van der Waals surface area contributed by atoms with Crippen LogP contribution in [0.4, 0.5) is 11.4 Å². The Morgan fingerprint density at radius 1 is 0.431 bits per heavy atom. The first-order valence-electron chi connectivity index (χ1n) is 20.4. The van der Waals surface area contributed by atoms with Gasteiger partial charge in [-0.05, 0) is 120 Å². The molecular weight excluding hydrogens is 717 g/mol. The fourth-order valence-electron chi connectivity index (χ4n) is 9.37. The van der Waals surface area contributed by atoms with Gasteiger partial charge >= 0.3 is 0 Å². The van der Waals surface area contributed by atoms with Gasteiger partial charge in [-0.2, -0.15) is 0 Å². The molecule has 2 aliphatic heterocycles. The zero-order valence-electron chi connectivity index (χ0n) is 35.4. The smallest absolute Gasteiger partial charge is 0.265 e. The van der Waals surface area contributed by atoms with Crippen molar-refractivity contribution in [3.8, 4) is 0 Å². The van der Waals surface area contributed by atoms with Crippen LogP contribution in [0.1, 0.15) is 140 Å². The summed E-state index contributed by atoms with van der Waals surface area (Å²) in [4.78, 5) is 61.7. The summed E-state index contributed by atoms with van der Waals surface area (Å²) in [6.45, 7) is 23.4. The number of carbonyl (C=O) groups excluding carboxylic acids is 4. The normalized spacial score (nSPS) is 15.1. The van der Waals surface area contributed by atoms with Crippen LogP contribution in [0.2, 0.25) is 0 Å². The first-order chi connectivity index (χ1) is 27.2. The second-order valence-corrected chi connectivity index (χ2v) is 20.0. The first kappa shape index (κ1) is 37.7. The van der Waals surface area contributed by atoms with Crippen molar-refractivity contribution in [1.29, 1.82) is 0 Å². The van der Waals surface area contributed by atoms with E-state index in [-0.39, 0.29) is 39.9 Å². The summed E-state index contributed by atoms with van der Waals surface area (Å²) in [5, 5.41) is 6.41. The molecule has 4 amide bonds. The Kier molecular flexibility index (Phi) is 8.00. The van der Waals surface area contributed by atoms with Crippen LogP contribution in [0.25, 0.3) is 43.1 Å². The van der Waals surface area contributed by atoms with Crippen molar-refractivity contribution >= 4 is 78.1 Å². The summed E-state index contributed by atoms with van der Waals surface area (Å²) in [5.41, 5.74) is 6.44. The molecule has 6 heteroatoms. The number of nitrogens with zero attached hydrogens (tertiary/aromatic N) is 2. The third kappa shape index (κ3) is 5.37. The Bertz CT molecular complexity index is 2860. The highest BCUT2D eigenvalue weighted by Gasteiger charge is 2.40. The fraction of sp³-hybridized carbons (Fsp3) is 0.308. The third-order valence-corrected chi connectivity index (χ3v) is 12.4. The van der Waals surface area contributed by atoms with Gasteiger partial charge in [0.2, 0.25) is 0 Å². The van der Waals surface area contributed by atoms with E-state index in [0.717, 1.165) is 61.0 Å². The van der Waals surface area contributed by atoms with Crippen LogP contribution in [-0.4, -0.2) is 23.6 Å². The van der Waals surface area contributed by atoms with E-state index in [1.165, 1.54) is 9.80 Å². The molecule has 7 aromatic carbocycles. The van der Waals surface area contributed by atoms with E-state index < -0.39 is 0 Å². The van der Waals surface area contributed by atoms with E-state index in [1.807, 2.05) is 60.7 Å². The summed E-state index contributed by atoms with van der Waals surface area (Å²) in [7, 11) is 0. The largest absolute Gasteiger partial charge is 0.268 e. The quantitative estimate of drug-likeness (QED) is 0.102. The molecule has 0 saturated carbocycles. The van der Waals surface area contributed by atoms with Crippen molar-refractivity contribution in [2.75, 3.05) is 9.80 Å². The highest BCUT2D eigenvalue weighted by Crippen LogP contribution is 2.48. The summed E-state index contributed by atoms with van der Waals surface area (Å²) < 4.78 is 0. The van der Waals surface area contributed by atoms with Gasteiger partial charge in [-0.25, -0.2) is 9.80 Å². The van der Waals surface area contributed by atoms with E-state index in [1.54, 1.807) is 0 Å². The maximum absolute atomic E-state index is 14.8. The van der Waals surface area contributed by atoms with Crippen LogP contribution in [0.15, 0.2) is 84.9 Å². The van der Waals surface area contributed by atoms with E-state index >= 15 is 0 Å². The summed E-state index contributed by atoms with van der Waals surface area (Å²) in [6, 6.07) is 27.6. The molecule has 292 valence electrons. The van der Waals surface area contributed by atoms with Gasteiger partial charge in [0.05, 0.1) is 11.4 Å². The molecule has 2 aliphatic rings. The minimum Gasteiger partial charge on any atom is -0.268 e. The van der Waals surface area contributed by atoms with Gasteiger partial charge in [0.25, 0.3) is 23.6 Å². The highest BCUT2D eigenvalue weighted by atomic mass is 16.2. The second-order valence-electron chi connectivity index (χ2n) is 20.0. The Labute approximate surface area is 340 Å². The number of fused-ring (bicyclic) bond motifs is 2. The molecule has 0 unspecified atom stereocenters. The number of rotatable bonds is 4. The number of amides is 4. The van der Waals surface area contributed by atoms with Crippen LogP contribution in [0, 0.1) is 5.92 Å². The maximum atomic E-state index is 14.8. The lowest BCUT2D eigenvalue weighted by molar-refractivity contribution is 0.0877. The minimum atomic E-state index is -0.350. The second kappa shape index (κ2) is 12.3. The Morgan fingerprint density at radius 2 is 0.793 bits per heavy atom. The Morgan fingerprint density at radius 3 is 1.16 bits per heavy atom. The molecule has 2 heterocycles. The Balaban J connectivity index is 1.24. The highest BCUT2D eigenvalue weighted by molar-refractivity contribution is 6.45. The van der Waals surface area contributed by atoms with Gasteiger partial charge in [-0.3, -0.25) is 19.2 Å². The average Bonchev–Trinajstić information content (AvgIpc) is 3.14. The SMILES string of the molecule is CC(C)Cc1ccc(C(C)(C)C)cc1N1C(=O)c2ccc3c4ccc5c6c(ccc(c7ccc(c2c37)C1=O)c64)C(=O)N(c1cc(C(C)(C)C)ccc1C(C)(C)C)C5=O. The lowest BCUT2D eigenvalue weighted by Gasteiger charge is -2.34. The van der Waals surface area contributed by atoms with Crippen LogP contribution in [0.5, 0.6) is 0 Å². The van der Waals surface area contributed by atoms with Crippen molar-refractivity contribution in [2.24, 2.45) is 5.92 Å². The summed E-state index contributed by atoms with van der Waals surface area (Å²) in [5.74, 6) is -1.05. The minimum absolute atomic E-state index is 0.180. The molecule has 0 saturated heterocycles. The van der Waals surface area contributed by atoms with Gasteiger partial charge in [-0.15, -0.1) is 0 Å². The molecule has 0 aliphatic carbocycles. The number of hydrogen-bond acceptors (Lipinski definition) is 4. The van der Waals surface area contributed by atoms with Crippen molar-refractivity contribution in [3.05, 3.63) is 129 Å². The molecule has 6 nitrogen and oxygen atoms in total. The number of benzene rings is 7. The van der Waals surface area contributed by atoms with Gasteiger partial charge < -0.3 is 0 Å². The molecule has 0 N–H and O–H groups in total. The zero-order valence-corrected chi connectivity index (χ0v) is 35.4. The number of carbonyl (C=O) groups is 4. The molecule has 9 rings (SSSR count). The Hall–Kier alpha value is -5.88. The van der Waals surface area contributed by atoms with Gasteiger partial charge in [-0.1, -0.05) is 125 Å². The first-order valence-corrected chi connectivity index (χ1v) is 20.4. The van der Waals surface area contributed by atoms with Crippen LogP contribution < -0.4 is 9.80 Å². The molecule has 7 aromatic rings. The number of imide groups is 2. The lowest BCUT2D eigenvalue weighted by atomic mass is 9.79. The van der Waals surface area contributed by atoms with Crippen LogP contribution >= 0.6 is 0 Å². The van der Waals surface area contributed by atoms with E-state index in [9.17, 15) is 19.2 Å². The zero-order chi connectivity index (χ0) is 41.5. The predicted octanol–water partition coefficient (Wildman–Crippen LogP) is 12.4. The topological polar surface area (TPSA) is 74.8 Å². The van der Waals surface area contributed by atoms with Crippen molar-refractivity contribution in [2.45, 2.75) is 98.8 Å². The molecule has 0 fully saturated rings. The molecule has 0 atom stereocenters. The van der Waals surface area contributed by atoms with E-state index in [2.05, 4.69) is 100 Å². The molecule has 0 spiro atoms. The standard InChI is InChI=1S/C52H50N2O4/c1-27(2)24-28-12-13-29(50(3,4)5)25-40(28)53-46(55)35-19-15-31-33-17-21-37-45-38(22-18-34(43(33)45)32-16-20-36(47(53)56)44(35)42(31)32)49(58)54(48(37)57)41-26-30(51(6,7)8)14-23-39(41)52(9,10)11/h12-23,25-27H,24H2,1-11H3. The lowest BCUT2D eigenvalue weighted by Crippen LogP contribution is -2.42. The van der Waals surface area contributed by atoms with Gasteiger partial charge in [0.1, 0.15) is 0 Å². The summed E-state index contributed by atoms with van der Waals surface area (Å²) in [6.07, 6.45) is 0.728. The molecular formula is C52H50N2O4. The molecule has 0 radical (unpaired) electrons. The predicted molar refractivity (Wildman–Crippen MR) is 237 cm³/mol. The molecule has 58 heavy (non-hydrogen) atoms. The van der Waals surface area contributed by atoms with E-state index in [0.29, 0.717) is 50.3 Å². The number of hydrogen-bond donors (Lipinski definition) is 0. The monoisotopic (exact) mass is 766 g/mol. The summed E-state index contributed by atoms with van der Waals surface area (Å²) >= 11 is 0. The molecule has 0 aromatic heterocycles. The van der Waals surface area contributed by atoms with Gasteiger partial charge in [0.15, 0.2) is 0 Å². The number of anilines is 2. The van der Waals surface area contributed by atoms with Gasteiger partial charge in [0, 0.05) is 33.0 Å². The van der Waals surface area contributed by atoms with Crippen LogP contribution in [0.3, 0.4) is 0 Å². The fourth-order valence-corrected chi connectivity index (χ4v) is 9.37. The average molecular weight is 767 g/mol. The third-order valence-electron chi connectivity index (χ3n) is 12.4. The van der Waals surface area contributed by atoms with Crippen molar-refractivity contribution < 1.29 is 19.2 Å². The van der Waals surface area contributed by atoms with Crippen LogP contribution in [-0.2, 0) is 22.7 Å². The maximum Gasteiger partial charge on any atom is 0.265 e. The van der Waals surface area contributed by atoms with Crippen molar-refractivity contribution in [3.63, 3.8) is 0 Å². The van der Waals surface area contributed by atoms with Crippen molar-refractivity contribution in [1.82, 2.24) is 0 Å². The van der Waals surface area contributed by atoms with E-state index in [4.69, 9.17) is 0 Å². The molecule has 0 bridgehead atoms.